The predicted octanol–water partition coefficient (Wildman–Crippen LogP) is 3.27. The minimum Gasteiger partial charge on any atom is -0.296 e. The zero-order valence-electron chi connectivity index (χ0n) is 11.0. The summed E-state index contributed by atoms with van der Waals surface area (Å²) in [6.45, 7) is 4.01. The number of aromatic nitrogens is 2. The van der Waals surface area contributed by atoms with Crippen molar-refractivity contribution in [3.8, 4) is 6.07 Å². The fourth-order valence-corrected chi connectivity index (χ4v) is 2.75. The lowest BCUT2D eigenvalue weighted by Gasteiger charge is -1.98. The second-order valence-corrected chi connectivity index (χ2v) is 6.23. The molecule has 1 N–H and O–H groups in total. The normalized spacial score (nSPS) is 11.4. The standard InChI is InChI=1S/C13H12N4OS2/c1-8(2)12-16-17-13(20-12)15-11(18)9(7-14)6-10-4-3-5-19-10/h3-6,8H,1-2H3,(H,15,17,18)/b9-6-. The molecule has 5 nitrogen and oxygen atoms in total. The summed E-state index contributed by atoms with van der Waals surface area (Å²) in [5.41, 5.74) is 0.0498. The molecule has 0 saturated carbocycles. The van der Waals surface area contributed by atoms with E-state index in [1.807, 2.05) is 37.4 Å². The number of hydrogen-bond donors (Lipinski definition) is 1. The number of nitriles is 1. The van der Waals surface area contributed by atoms with Gasteiger partial charge in [0.15, 0.2) is 0 Å². The Balaban J connectivity index is 2.12. The highest BCUT2D eigenvalue weighted by Crippen LogP contribution is 2.23. The van der Waals surface area contributed by atoms with Gasteiger partial charge in [0.25, 0.3) is 5.91 Å². The Labute approximate surface area is 124 Å². The maximum absolute atomic E-state index is 12.0. The van der Waals surface area contributed by atoms with E-state index >= 15 is 0 Å². The molecule has 2 aromatic heterocycles. The number of amides is 1. The van der Waals surface area contributed by atoms with Crippen molar-refractivity contribution in [1.82, 2.24) is 10.2 Å². The van der Waals surface area contributed by atoms with Crippen LogP contribution in [0.2, 0.25) is 0 Å². The molecular formula is C13H12N4OS2. The Hall–Kier alpha value is -2.04. The topological polar surface area (TPSA) is 78.7 Å². The molecule has 20 heavy (non-hydrogen) atoms. The van der Waals surface area contributed by atoms with Crippen molar-refractivity contribution >= 4 is 39.8 Å². The zero-order chi connectivity index (χ0) is 14.5. The predicted molar refractivity (Wildman–Crippen MR) is 80.5 cm³/mol. The van der Waals surface area contributed by atoms with E-state index in [1.54, 1.807) is 6.08 Å². The maximum atomic E-state index is 12.0. The lowest BCUT2D eigenvalue weighted by atomic mass is 10.2. The van der Waals surface area contributed by atoms with E-state index in [1.165, 1.54) is 22.7 Å². The maximum Gasteiger partial charge on any atom is 0.268 e. The van der Waals surface area contributed by atoms with Crippen molar-refractivity contribution in [2.75, 3.05) is 5.32 Å². The Bertz CT molecular complexity index is 665. The molecule has 0 aromatic carbocycles. The van der Waals surface area contributed by atoms with Gasteiger partial charge in [0.1, 0.15) is 16.6 Å². The molecule has 0 spiro atoms. The summed E-state index contributed by atoms with van der Waals surface area (Å²) in [6, 6.07) is 5.61. The van der Waals surface area contributed by atoms with Crippen molar-refractivity contribution in [2.24, 2.45) is 0 Å². The fourth-order valence-electron chi connectivity index (χ4n) is 1.35. The van der Waals surface area contributed by atoms with Gasteiger partial charge in [-0.1, -0.05) is 31.3 Å². The minimum atomic E-state index is -0.465. The third-order valence-corrected chi connectivity index (χ3v) is 4.31. The van der Waals surface area contributed by atoms with E-state index in [-0.39, 0.29) is 11.5 Å². The van der Waals surface area contributed by atoms with E-state index in [9.17, 15) is 4.79 Å². The van der Waals surface area contributed by atoms with Crippen molar-refractivity contribution in [3.63, 3.8) is 0 Å². The fraction of sp³-hybridized carbons (Fsp3) is 0.231. The number of rotatable bonds is 4. The summed E-state index contributed by atoms with van der Waals surface area (Å²) in [6.07, 6.45) is 1.56. The molecule has 102 valence electrons. The van der Waals surface area contributed by atoms with Crippen LogP contribution in [-0.4, -0.2) is 16.1 Å². The molecule has 0 aliphatic heterocycles. The first-order valence-corrected chi connectivity index (χ1v) is 7.60. The second kappa shape index (κ2) is 6.41. The van der Waals surface area contributed by atoms with Gasteiger partial charge < -0.3 is 0 Å². The molecule has 0 aliphatic rings. The Morgan fingerprint density at radius 2 is 2.30 bits per heavy atom. The van der Waals surface area contributed by atoms with E-state index < -0.39 is 5.91 Å². The zero-order valence-corrected chi connectivity index (χ0v) is 12.6. The highest BCUT2D eigenvalue weighted by molar-refractivity contribution is 7.15. The van der Waals surface area contributed by atoms with Gasteiger partial charge >= 0.3 is 0 Å². The number of thiophene rings is 1. The van der Waals surface area contributed by atoms with Crippen LogP contribution in [0.25, 0.3) is 6.08 Å². The molecule has 0 saturated heterocycles. The number of hydrogen-bond acceptors (Lipinski definition) is 6. The van der Waals surface area contributed by atoms with Crippen LogP contribution in [-0.2, 0) is 4.79 Å². The number of carbonyl (C=O) groups excluding carboxylic acids is 1. The SMILES string of the molecule is CC(C)c1nnc(NC(=O)/C(C#N)=C\c2cccs2)s1. The average molecular weight is 304 g/mol. The molecule has 0 aliphatic carbocycles. The second-order valence-electron chi connectivity index (χ2n) is 4.24. The average Bonchev–Trinajstić information content (AvgIpc) is 3.06. The van der Waals surface area contributed by atoms with Crippen LogP contribution in [0.1, 0.15) is 29.7 Å². The third-order valence-electron chi connectivity index (χ3n) is 2.35. The van der Waals surface area contributed by atoms with Crippen LogP contribution >= 0.6 is 22.7 Å². The largest absolute Gasteiger partial charge is 0.296 e. The smallest absolute Gasteiger partial charge is 0.268 e. The molecule has 0 fully saturated rings. The number of nitrogens with zero attached hydrogens (tertiary/aromatic N) is 3. The van der Waals surface area contributed by atoms with E-state index in [0.717, 1.165) is 9.88 Å². The summed E-state index contributed by atoms with van der Waals surface area (Å²) in [7, 11) is 0. The van der Waals surface area contributed by atoms with Gasteiger partial charge in [-0.15, -0.1) is 21.5 Å². The summed E-state index contributed by atoms with van der Waals surface area (Å²) in [4.78, 5) is 12.8. The molecular weight excluding hydrogens is 292 g/mol. The van der Waals surface area contributed by atoms with Crippen LogP contribution in [0.4, 0.5) is 5.13 Å². The van der Waals surface area contributed by atoms with Crippen molar-refractivity contribution in [3.05, 3.63) is 33.0 Å². The molecule has 2 heterocycles. The van der Waals surface area contributed by atoms with Gasteiger partial charge in [-0.2, -0.15) is 5.26 Å². The summed E-state index contributed by atoms with van der Waals surface area (Å²) >= 11 is 2.78. The first-order chi connectivity index (χ1) is 9.60. The van der Waals surface area contributed by atoms with Crippen LogP contribution in [0.5, 0.6) is 0 Å². The number of anilines is 1. The van der Waals surface area contributed by atoms with Gasteiger partial charge in [-0.3, -0.25) is 10.1 Å². The molecule has 7 heteroatoms. The van der Waals surface area contributed by atoms with E-state index in [2.05, 4.69) is 15.5 Å². The van der Waals surface area contributed by atoms with Crippen molar-refractivity contribution in [1.29, 1.82) is 5.26 Å². The van der Waals surface area contributed by atoms with Crippen LogP contribution in [0.3, 0.4) is 0 Å². The summed E-state index contributed by atoms with van der Waals surface area (Å²) < 4.78 is 0. The van der Waals surface area contributed by atoms with Gasteiger partial charge in [-0.25, -0.2) is 0 Å². The van der Waals surface area contributed by atoms with Crippen molar-refractivity contribution in [2.45, 2.75) is 19.8 Å². The van der Waals surface area contributed by atoms with Crippen LogP contribution in [0, 0.1) is 11.3 Å². The lowest BCUT2D eigenvalue weighted by molar-refractivity contribution is -0.112. The first-order valence-electron chi connectivity index (χ1n) is 5.90. The number of carbonyl (C=O) groups is 1. The lowest BCUT2D eigenvalue weighted by Crippen LogP contribution is -2.13. The monoisotopic (exact) mass is 304 g/mol. The molecule has 1 amide bonds. The quantitative estimate of drug-likeness (QED) is 0.694. The molecule has 0 unspecified atom stereocenters. The first kappa shape index (κ1) is 14.4. The van der Waals surface area contributed by atoms with Crippen molar-refractivity contribution < 1.29 is 4.79 Å². The van der Waals surface area contributed by atoms with Crippen LogP contribution in [0.15, 0.2) is 23.1 Å². The Morgan fingerprint density at radius 3 is 2.85 bits per heavy atom. The molecule has 0 atom stereocenters. The van der Waals surface area contributed by atoms with Gasteiger partial charge in [0.2, 0.25) is 5.13 Å². The molecule has 2 aromatic rings. The third kappa shape index (κ3) is 3.50. The Morgan fingerprint density at radius 1 is 1.50 bits per heavy atom. The molecule has 0 radical (unpaired) electrons. The van der Waals surface area contributed by atoms with E-state index in [0.29, 0.717) is 5.13 Å². The summed E-state index contributed by atoms with van der Waals surface area (Å²) in [5, 5.41) is 22.7. The van der Waals surface area contributed by atoms with Crippen LogP contribution < -0.4 is 5.32 Å². The van der Waals surface area contributed by atoms with Gasteiger partial charge in [-0.05, 0) is 17.5 Å². The van der Waals surface area contributed by atoms with Gasteiger partial charge in [0.05, 0.1) is 0 Å². The minimum absolute atomic E-state index is 0.0498. The highest BCUT2D eigenvalue weighted by atomic mass is 32.1. The molecule has 2 rings (SSSR count). The Kier molecular flexibility index (Phi) is 4.61. The van der Waals surface area contributed by atoms with Gasteiger partial charge in [0, 0.05) is 10.8 Å². The highest BCUT2D eigenvalue weighted by Gasteiger charge is 2.14. The summed E-state index contributed by atoms with van der Waals surface area (Å²) in [5.74, 6) is -0.206. The number of nitrogens with one attached hydrogen (secondary N) is 1. The van der Waals surface area contributed by atoms with E-state index in [4.69, 9.17) is 5.26 Å². The molecule has 0 bridgehead atoms.